The third-order valence-electron chi connectivity index (χ3n) is 5.03. The molecule has 2 aromatic rings. The summed E-state index contributed by atoms with van der Waals surface area (Å²) in [5, 5.41) is 0. The van der Waals surface area contributed by atoms with Crippen molar-refractivity contribution in [1.29, 1.82) is 0 Å². The van der Waals surface area contributed by atoms with Gasteiger partial charge in [0.05, 0.1) is 25.6 Å². The fraction of sp³-hybridized carbons (Fsp3) is 0.364. The summed E-state index contributed by atoms with van der Waals surface area (Å²) in [6.45, 7) is 4.35. The number of nitrogens with zero attached hydrogens (tertiary/aromatic N) is 2. The minimum Gasteiger partial charge on any atom is -0.497 e. The number of Topliss-reactive ketones (excluding diaryl/α,β-unsaturated/α-hetero) is 1. The summed E-state index contributed by atoms with van der Waals surface area (Å²) in [6.07, 6.45) is 0.345. The Morgan fingerprint density at radius 1 is 1.04 bits per heavy atom. The van der Waals surface area contributed by atoms with Gasteiger partial charge in [-0.15, -0.1) is 0 Å². The van der Waals surface area contributed by atoms with Gasteiger partial charge in [-0.2, -0.15) is 0 Å². The molecule has 0 saturated carbocycles. The predicted octanol–water partition coefficient (Wildman–Crippen LogP) is 2.71. The van der Waals surface area contributed by atoms with Gasteiger partial charge >= 0.3 is 0 Å². The van der Waals surface area contributed by atoms with E-state index in [-0.39, 0.29) is 23.8 Å². The zero-order valence-corrected chi connectivity index (χ0v) is 16.3. The Labute approximate surface area is 164 Å². The highest BCUT2D eigenvalue weighted by molar-refractivity contribution is 5.98. The molecule has 1 aliphatic rings. The summed E-state index contributed by atoms with van der Waals surface area (Å²) >= 11 is 0. The SMILES string of the molecule is COc1ccc(CC(=O)N2CCN(CC(=O)c3cc(C)ccc3F)CC2)cc1. The zero-order chi connectivity index (χ0) is 20.1. The molecule has 148 valence electrons. The van der Waals surface area contributed by atoms with Crippen LogP contribution in [-0.4, -0.2) is 61.3 Å². The van der Waals surface area contributed by atoms with E-state index in [0.717, 1.165) is 16.9 Å². The number of hydrogen-bond acceptors (Lipinski definition) is 4. The van der Waals surface area contributed by atoms with Crippen molar-refractivity contribution in [2.45, 2.75) is 13.3 Å². The number of amides is 1. The lowest BCUT2D eigenvalue weighted by Crippen LogP contribution is -2.50. The number of ether oxygens (including phenoxy) is 1. The van der Waals surface area contributed by atoms with Crippen LogP contribution in [0.5, 0.6) is 5.75 Å². The van der Waals surface area contributed by atoms with Crippen molar-refractivity contribution in [3.8, 4) is 5.75 Å². The molecule has 1 amide bonds. The van der Waals surface area contributed by atoms with Crippen molar-refractivity contribution in [3.63, 3.8) is 0 Å². The lowest BCUT2D eigenvalue weighted by atomic mass is 10.1. The Bertz CT molecular complexity index is 843. The lowest BCUT2D eigenvalue weighted by Gasteiger charge is -2.34. The van der Waals surface area contributed by atoms with Crippen LogP contribution in [0.3, 0.4) is 0 Å². The van der Waals surface area contributed by atoms with Gasteiger partial charge in [0.25, 0.3) is 0 Å². The lowest BCUT2D eigenvalue weighted by molar-refractivity contribution is -0.132. The minimum absolute atomic E-state index is 0.0703. The number of piperazine rings is 1. The number of rotatable bonds is 6. The van der Waals surface area contributed by atoms with E-state index in [4.69, 9.17) is 4.74 Å². The monoisotopic (exact) mass is 384 g/mol. The van der Waals surface area contributed by atoms with E-state index < -0.39 is 5.82 Å². The van der Waals surface area contributed by atoms with Crippen molar-refractivity contribution in [2.24, 2.45) is 0 Å². The normalized spacial score (nSPS) is 14.8. The molecule has 1 saturated heterocycles. The van der Waals surface area contributed by atoms with Crippen molar-refractivity contribution in [2.75, 3.05) is 39.8 Å². The zero-order valence-electron chi connectivity index (χ0n) is 16.3. The van der Waals surface area contributed by atoms with Crippen LogP contribution in [-0.2, 0) is 11.2 Å². The van der Waals surface area contributed by atoms with Crippen LogP contribution >= 0.6 is 0 Å². The maximum Gasteiger partial charge on any atom is 0.227 e. The third-order valence-corrected chi connectivity index (χ3v) is 5.03. The molecule has 0 N–H and O–H groups in total. The first-order chi connectivity index (χ1) is 13.5. The summed E-state index contributed by atoms with van der Waals surface area (Å²) in [5.41, 5.74) is 1.94. The van der Waals surface area contributed by atoms with Crippen LogP contribution < -0.4 is 4.74 Å². The van der Waals surface area contributed by atoms with E-state index in [1.54, 1.807) is 19.2 Å². The summed E-state index contributed by atoms with van der Waals surface area (Å²) in [5.74, 6) is 0.128. The molecule has 0 radical (unpaired) electrons. The average molecular weight is 384 g/mol. The molecule has 0 atom stereocenters. The van der Waals surface area contributed by atoms with E-state index >= 15 is 0 Å². The summed E-state index contributed by atoms with van der Waals surface area (Å²) in [4.78, 5) is 28.7. The molecule has 2 aromatic carbocycles. The standard InChI is InChI=1S/C22H25FN2O3/c1-16-3-8-20(23)19(13-16)21(26)15-24-9-11-25(12-10-24)22(27)14-17-4-6-18(28-2)7-5-17/h3-8,13H,9-12,14-15H2,1-2H3. The maximum atomic E-state index is 13.9. The molecule has 6 heteroatoms. The fourth-order valence-corrected chi connectivity index (χ4v) is 3.33. The van der Waals surface area contributed by atoms with E-state index in [9.17, 15) is 14.0 Å². The molecule has 1 fully saturated rings. The summed E-state index contributed by atoms with van der Waals surface area (Å²) < 4.78 is 19.0. The minimum atomic E-state index is -0.482. The molecule has 0 aromatic heterocycles. The Kier molecular flexibility index (Phi) is 6.41. The van der Waals surface area contributed by atoms with Gasteiger partial charge in [-0.25, -0.2) is 4.39 Å². The first-order valence-corrected chi connectivity index (χ1v) is 9.38. The molecule has 0 aliphatic carbocycles. The Morgan fingerprint density at radius 2 is 1.71 bits per heavy atom. The van der Waals surface area contributed by atoms with Crippen molar-refractivity contribution in [1.82, 2.24) is 9.80 Å². The van der Waals surface area contributed by atoms with Crippen LogP contribution in [0.1, 0.15) is 21.5 Å². The smallest absolute Gasteiger partial charge is 0.227 e. The van der Waals surface area contributed by atoms with Gasteiger partial charge in [-0.3, -0.25) is 14.5 Å². The number of carbonyl (C=O) groups is 2. The summed E-state index contributed by atoms with van der Waals surface area (Å²) in [6, 6.07) is 12.0. The first kappa shape index (κ1) is 20.0. The molecule has 0 spiro atoms. The molecule has 5 nitrogen and oxygen atoms in total. The molecule has 1 heterocycles. The van der Waals surface area contributed by atoms with Crippen LogP contribution in [0.2, 0.25) is 0 Å². The average Bonchev–Trinajstić information content (AvgIpc) is 2.70. The van der Waals surface area contributed by atoms with Gasteiger partial charge in [-0.1, -0.05) is 23.8 Å². The number of ketones is 1. The number of aryl methyl sites for hydroxylation is 1. The van der Waals surface area contributed by atoms with Crippen molar-refractivity contribution >= 4 is 11.7 Å². The highest BCUT2D eigenvalue weighted by Gasteiger charge is 2.23. The highest BCUT2D eigenvalue weighted by atomic mass is 19.1. The van der Waals surface area contributed by atoms with Gasteiger partial charge in [0.2, 0.25) is 5.91 Å². The van der Waals surface area contributed by atoms with Crippen LogP contribution in [0.4, 0.5) is 4.39 Å². The molecule has 0 bridgehead atoms. The second kappa shape index (κ2) is 8.97. The molecular formula is C22H25FN2O3. The second-order valence-corrected chi connectivity index (χ2v) is 7.09. The first-order valence-electron chi connectivity index (χ1n) is 9.38. The van der Waals surface area contributed by atoms with E-state index in [1.807, 2.05) is 41.0 Å². The topological polar surface area (TPSA) is 49.9 Å². The Morgan fingerprint density at radius 3 is 2.36 bits per heavy atom. The second-order valence-electron chi connectivity index (χ2n) is 7.09. The molecule has 0 unspecified atom stereocenters. The van der Waals surface area contributed by atoms with Crippen LogP contribution in [0.15, 0.2) is 42.5 Å². The number of halogens is 1. The van der Waals surface area contributed by atoms with E-state index in [2.05, 4.69) is 0 Å². The van der Waals surface area contributed by atoms with Crippen LogP contribution in [0, 0.1) is 12.7 Å². The number of methoxy groups -OCH3 is 1. The van der Waals surface area contributed by atoms with E-state index in [0.29, 0.717) is 32.6 Å². The maximum absolute atomic E-state index is 13.9. The third kappa shape index (κ3) is 4.95. The van der Waals surface area contributed by atoms with Crippen molar-refractivity contribution < 1.29 is 18.7 Å². The highest BCUT2D eigenvalue weighted by Crippen LogP contribution is 2.14. The molecular weight excluding hydrogens is 359 g/mol. The van der Waals surface area contributed by atoms with Gasteiger partial charge in [0.15, 0.2) is 5.78 Å². The largest absolute Gasteiger partial charge is 0.497 e. The molecule has 1 aliphatic heterocycles. The van der Waals surface area contributed by atoms with Gasteiger partial charge in [0.1, 0.15) is 11.6 Å². The van der Waals surface area contributed by atoms with Gasteiger partial charge in [-0.05, 0) is 36.8 Å². The Balaban J connectivity index is 1.50. The number of carbonyl (C=O) groups excluding carboxylic acids is 2. The van der Waals surface area contributed by atoms with Crippen LogP contribution in [0.25, 0.3) is 0 Å². The fourth-order valence-electron chi connectivity index (χ4n) is 3.33. The summed E-state index contributed by atoms with van der Waals surface area (Å²) in [7, 11) is 1.61. The number of benzene rings is 2. The molecule has 3 rings (SSSR count). The molecule has 28 heavy (non-hydrogen) atoms. The Hall–Kier alpha value is -2.73. The van der Waals surface area contributed by atoms with Crippen molar-refractivity contribution in [3.05, 3.63) is 65.0 Å². The van der Waals surface area contributed by atoms with E-state index in [1.165, 1.54) is 6.07 Å². The quantitative estimate of drug-likeness (QED) is 0.719. The van der Waals surface area contributed by atoms with Gasteiger partial charge < -0.3 is 9.64 Å². The number of hydrogen-bond donors (Lipinski definition) is 0. The van der Waals surface area contributed by atoms with Gasteiger partial charge in [0, 0.05) is 26.2 Å². The predicted molar refractivity (Wildman–Crippen MR) is 105 cm³/mol.